The molecule has 0 spiro atoms. The Morgan fingerprint density at radius 1 is 1.50 bits per heavy atom. The van der Waals surface area contributed by atoms with Crippen molar-refractivity contribution in [3.63, 3.8) is 0 Å². The van der Waals surface area contributed by atoms with Gasteiger partial charge in [-0.05, 0) is 38.3 Å². The lowest BCUT2D eigenvalue weighted by Gasteiger charge is -2.43. The molecule has 0 aliphatic carbocycles. The molecule has 0 saturated carbocycles. The Hall–Kier alpha value is -1.13. The van der Waals surface area contributed by atoms with Crippen molar-refractivity contribution in [3.8, 4) is 0 Å². The Morgan fingerprint density at radius 2 is 2.10 bits per heavy atom. The number of nitrogens with one attached hydrogen (secondary N) is 2. The predicted molar refractivity (Wildman–Crippen MR) is 83.2 cm³/mol. The molecule has 0 bridgehead atoms. The van der Waals surface area contributed by atoms with Crippen LogP contribution < -0.4 is 16.4 Å². The van der Waals surface area contributed by atoms with Gasteiger partial charge in [-0.15, -0.1) is 11.8 Å². The summed E-state index contributed by atoms with van der Waals surface area (Å²) in [5.74, 6) is -1.28. The van der Waals surface area contributed by atoms with Crippen LogP contribution in [0.2, 0.25) is 0 Å². The minimum atomic E-state index is -0.999. The van der Waals surface area contributed by atoms with Crippen molar-refractivity contribution in [3.05, 3.63) is 0 Å². The number of carbonyl (C=O) groups is 2. The van der Waals surface area contributed by atoms with Gasteiger partial charge in [-0.3, -0.25) is 4.79 Å². The summed E-state index contributed by atoms with van der Waals surface area (Å²) >= 11 is 11.1. The minimum absolute atomic E-state index is 0.00828. The topological polar surface area (TPSA) is 108 Å². The molecule has 10 heteroatoms. The fourth-order valence-corrected chi connectivity index (χ4v) is 4.46. The molecule has 2 aliphatic heterocycles. The van der Waals surface area contributed by atoms with Crippen LogP contribution in [0.25, 0.3) is 0 Å². The number of carboxylic acids is 1. The molecule has 0 aromatic rings. The zero-order valence-corrected chi connectivity index (χ0v) is 13.2. The van der Waals surface area contributed by atoms with E-state index >= 15 is 0 Å². The number of nitrogens with two attached hydrogens (primary N) is 1. The molecule has 2 aliphatic rings. The molecule has 2 fully saturated rings. The summed E-state index contributed by atoms with van der Waals surface area (Å²) in [6.07, 6.45) is 0. The molecule has 0 radical (unpaired) electrons. The van der Waals surface area contributed by atoms with Gasteiger partial charge in [-0.1, -0.05) is 0 Å². The Kier molecular flexibility index (Phi) is 3.82. The van der Waals surface area contributed by atoms with Crippen molar-refractivity contribution in [2.24, 2.45) is 5.73 Å². The van der Waals surface area contributed by atoms with Crippen molar-refractivity contribution >= 4 is 58.3 Å². The average Bonchev–Trinajstić information content (AvgIpc) is 2.54. The molecule has 110 valence electrons. The van der Waals surface area contributed by atoms with E-state index in [0.717, 1.165) is 0 Å². The first-order valence-electron chi connectivity index (χ1n) is 5.75. The standard InChI is InChI=1S/C10H14N4O3S3/c1-10(2)4(7(16)17)14-5(15)3(6(14)20-10)12-9(19)13-8(11)18/h3-4,6H,1-2H3,(H,16,17)(H4,11,12,13,18,19). The molecule has 3 atom stereocenters. The van der Waals surface area contributed by atoms with E-state index in [2.05, 4.69) is 22.9 Å². The normalized spacial score (nSPS) is 30.2. The Morgan fingerprint density at radius 3 is 2.60 bits per heavy atom. The molecule has 2 saturated heterocycles. The van der Waals surface area contributed by atoms with Gasteiger partial charge in [-0.2, -0.15) is 0 Å². The van der Waals surface area contributed by atoms with Crippen molar-refractivity contribution in [1.29, 1.82) is 0 Å². The quantitative estimate of drug-likeness (QED) is 0.382. The molecular formula is C10H14N4O3S3. The number of thioether (sulfide) groups is 1. The van der Waals surface area contributed by atoms with Crippen molar-refractivity contribution in [1.82, 2.24) is 15.5 Å². The van der Waals surface area contributed by atoms with Gasteiger partial charge in [0.25, 0.3) is 0 Å². The number of thiocarbonyl (C=S) groups is 2. The Bertz CT molecular complexity index is 510. The first kappa shape index (κ1) is 15.3. The number of nitrogens with zero attached hydrogens (tertiary/aromatic N) is 1. The third-order valence-corrected chi connectivity index (χ3v) is 5.09. The van der Waals surface area contributed by atoms with Gasteiger partial charge in [0.05, 0.1) is 0 Å². The van der Waals surface area contributed by atoms with Crippen molar-refractivity contribution in [2.75, 3.05) is 0 Å². The average molecular weight is 334 g/mol. The summed E-state index contributed by atoms with van der Waals surface area (Å²) in [5, 5.41) is 14.5. The smallest absolute Gasteiger partial charge is 0.327 e. The number of aliphatic carboxylic acids is 1. The molecule has 20 heavy (non-hydrogen) atoms. The number of fused-ring (bicyclic) bond motifs is 1. The molecule has 2 heterocycles. The first-order valence-corrected chi connectivity index (χ1v) is 7.44. The fourth-order valence-electron chi connectivity index (χ4n) is 2.43. The van der Waals surface area contributed by atoms with Crippen LogP contribution in [0.1, 0.15) is 13.8 Å². The highest BCUT2D eigenvalue weighted by molar-refractivity contribution is 8.01. The second kappa shape index (κ2) is 5.01. The molecule has 2 rings (SSSR count). The lowest BCUT2D eigenvalue weighted by molar-refractivity contribution is -0.159. The maximum Gasteiger partial charge on any atom is 0.327 e. The van der Waals surface area contributed by atoms with Gasteiger partial charge in [0.1, 0.15) is 17.5 Å². The zero-order chi connectivity index (χ0) is 15.2. The Balaban J connectivity index is 2.09. The van der Waals surface area contributed by atoms with E-state index in [1.807, 2.05) is 13.8 Å². The molecular weight excluding hydrogens is 320 g/mol. The highest BCUT2D eigenvalue weighted by Gasteiger charge is 2.64. The van der Waals surface area contributed by atoms with E-state index in [1.165, 1.54) is 16.7 Å². The second-order valence-corrected chi connectivity index (χ2v) is 7.66. The van der Waals surface area contributed by atoms with Crippen LogP contribution in [-0.2, 0) is 9.59 Å². The van der Waals surface area contributed by atoms with Crippen LogP contribution in [0, 0.1) is 0 Å². The summed E-state index contributed by atoms with van der Waals surface area (Å²) < 4.78 is -0.555. The predicted octanol–water partition coefficient (Wildman–Crippen LogP) is -0.790. The monoisotopic (exact) mass is 334 g/mol. The molecule has 5 N–H and O–H groups in total. The number of hydrogen-bond acceptors (Lipinski definition) is 5. The lowest BCUT2D eigenvalue weighted by Crippen LogP contribution is -2.71. The van der Waals surface area contributed by atoms with Crippen LogP contribution in [0.4, 0.5) is 0 Å². The largest absolute Gasteiger partial charge is 0.480 e. The van der Waals surface area contributed by atoms with Crippen LogP contribution in [0.5, 0.6) is 0 Å². The van der Waals surface area contributed by atoms with Gasteiger partial charge in [0.2, 0.25) is 5.91 Å². The van der Waals surface area contributed by atoms with Gasteiger partial charge < -0.3 is 26.4 Å². The fraction of sp³-hybridized carbons (Fsp3) is 0.600. The van der Waals surface area contributed by atoms with E-state index in [0.29, 0.717) is 0 Å². The number of hydrogen-bond donors (Lipinski definition) is 4. The van der Waals surface area contributed by atoms with E-state index in [4.69, 9.17) is 18.0 Å². The third kappa shape index (κ3) is 2.42. The van der Waals surface area contributed by atoms with E-state index < -0.39 is 22.8 Å². The van der Waals surface area contributed by atoms with Gasteiger partial charge in [0.15, 0.2) is 10.2 Å². The van der Waals surface area contributed by atoms with Crippen LogP contribution in [0.3, 0.4) is 0 Å². The minimum Gasteiger partial charge on any atom is -0.480 e. The maximum absolute atomic E-state index is 12.1. The van der Waals surface area contributed by atoms with Crippen molar-refractivity contribution < 1.29 is 14.7 Å². The van der Waals surface area contributed by atoms with Gasteiger partial charge >= 0.3 is 5.97 Å². The SMILES string of the molecule is CC1(C)SC2C(NC(=S)NC(N)=S)C(=O)N2C1C(=O)O. The van der Waals surface area contributed by atoms with Crippen LogP contribution >= 0.6 is 36.2 Å². The summed E-state index contributed by atoms with van der Waals surface area (Å²) in [7, 11) is 0. The second-order valence-electron chi connectivity index (χ2n) is 5.04. The summed E-state index contributed by atoms with van der Waals surface area (Å²) in [5.41, 5.74) is 5.29. The number of rotatable bonds is 2. The van der Waals surface area contributed by atoms with E-state index in [-0.39, 0.29) is 21.5 Å². The third-order valence-electron chi connectivity index (χ3n) is 3.20. The maximum atomic E-state index is 12.1. The zero-order valence-electron chi connectivity index (χ0n) is 10.7. The summed E-state index contributed by atoms with van der Waals surface area (Å²) in [6.45, 7) is 3.62. The number of β-lactam (4-membered cyclic amide) rings is 1. The molecule has 0 aromatic heterocycles. The van der Waals surface area contributed by atoms with Crippen LogP contribution in [-0.4, -0.2) is 54.3 Å². The highest BCUT2D eigenvalue weighted by atomic mass is 32.2. The molecule has 7 nitrogen and oxygen atoms in total. The van der Waals surface area contributed by atoms with Crippen molar-refractivity contribution in [2.45, 2.75) is 36.1 Å². The highest BCUT2D eigenvalue weighted by Crippen LogP contribution is 2.50. The van der Waals surface area contributed by atoms with E-state index in [9.17, 15) is 14.7 Å². The summed E-state index contributed by atoms with van der Waals surface area (Å²) in [4.78, 5) is 24.8. The first-order chi connectivity index (χ1) is 9.15. The summed E-state index contributed by atoms with van der Waals surface area (Å²) in [6, 6.07) is -1.39. The van der Waals surface area contributed by atoms with Gasteiger partial charge in [-0.25, -0.2) is 4.79 Å². The number of amides is 1. The lowest BCUT2D eigenvalue weighted by atomic mass is 9.96. The molecule has 3 unspecified atom stereocenters. The number of carboxylic acid groups (broad SMARTS) is 1. The van der Waals surface area contributed by atoms with Crippen LogP contribution in [0.15, 0.2) is 0 Å². The number of carbonyl (C=O) groups excluding carboxylic acids is 1. The molecule has 1 amide bonds. The van der Waals surface area contributed by atoms with E-state index in [1.54, 1.807) is 0 Å². The van der Waals surface area contributed by atoms with Gasteiger partial charge in [0, 0.05) is 4.75 Å². The molecule has 0 aromatic carbocycles. The Labute approximate surface area is 130 Å².